The standard InChI is InChI=1S/C10H21N.CH3.Ga/c1-4-7-9-11(6-3)10-8-5-2;;/h1-2,4-10H2,3H3;1H3;. The molecule has 1 aliphatic rings. The van der Waals surface area contributed by atoms with Crippen molar-refractivity contribution in [2.24, 2.45) is 0 Å². The fourth-order valence-corrected chi connectivity index (χ4v) is 6.97. The average Bonchev–Trinajstić information content (AvgIpc) is 2.16. The molecule has 0 saturated carbocycles. The van der Waals surface area contributed by atoms with Gasteiger partial charge in [-0.1, -0.05) is 0 Å². The van der Waals surface area contributed by atoms with E-state index < -0.39 is 16.2 Å². The van der Waals surface area contributed by atoms with Gasteiger partial charge in [0.2, 0.25) is 0 Å². The minimum atomic E-state index is -0.701. The van der Waals surface area contributed by atoms with Crippen LogP contribution in [0.4, 0.5) is 0 Å². The first-order chi connectivity index (χ1) is 6.33. The Labute approximate surface area is 88.9 Å². The van der Waals surface area contributed by atoms with Crippen molar-refractivity contribution in [2.45, 2.75) is 48.0 Å². The first kappa shape index (κ1) is 11.7. The van der Waals surface area contributed by atoms with E-state index in [0.29, 0.717) is 0 Å². The van der Waals surface area contributed by atoms with Crippen LogP contribution < -0.4 is 0 Å². The molecule has 1 fully saturated rings. The van der Waals surface area contributed by atoms with Crippen LogP contribution in [0.3, 0.4) is 0 Å². The summed E-state index contributed by atoms with van der Waals surface area (Å²) >= 11 is -0.701. The van der Waals surface area contributed by atoms with Crippen molar-refractivity contribution >= 4 is 16.2 Å². The molecule has 1 saturated heterocycles. The number of rotatable bonds is 1. The summed E-state index contributed by atoms with van der Waals surface area (Å²) in [4.78, 5) is 5.91. The van der Waals surface area contributed by atoms with Gasteiger partial charge in [0.05, 0.1) is 0 Å². The average molecular weight is 240 g/mol. The van der Waals surface area contributed by atoms with Crippen LogP contribution in [0, 0.1) is 0 Å². The predicted molar refractivity (Wildman–Crippen MR) is 61.8 cm³/mol. The van der Waals surface area contributed by atoms with E-state index >= 15 is 0 Å². The van der Waals surface area contributed by atoms with Gasteiger partial charge >= 0.3 is 88.8 Å². The van der Waals surface area contributed by atoms with Crippen LogP contribution in [-0.4, -0.2) is 40.8 Å². The molecule has 0 bridgehead atoms. The fourth-order valence-electron chi connectivity index (χ4n) is 2.23. The van der Waals surface area contributed by atoms with Crippen LogP contribution in [0.2, 0.25) is 15.4 Å². The fraction of sp³-hybridized carbons (Fsp3) is 1.00. The van der Waals surface area contributed by atoms with Gasteiger partial charge in [-0.25, -0.2) is 0 Å². The maximum atomic E-state index is 2.63. The molecular weight excluding hydrogens is 216 g/mol. The molecule has 0 aromatic carbocycles. The quantitative estimate of drug-likeness (QED) is 0.637. The summed E-state index contributed by atoms with van der Waals surface area (Å²) in [6, 6.07) is 0. The van der Waals surface area contributed by atoms with Crippen molar-refractivity contribution < 1.29 is 0 Å². The molecular formula is C11H24GaN. The van der Waals surface area contributed by atoms with Gasteiger partial charge in [-0.2, -0.15) is 0 Å². The summed E-state index contributed by atoms with van der Waals surface area (Å²) in [7, 11) is 0. The second-order valence-electron chi connectivity index (χ2n) is 4.53. The van der Waals surface area contributed by atoms with Crippen molar-refractivity contribution in [2.75, 3.05) is 19.6 Å². The molecule has 76 valence electrons. The molecule has 0 aromatic heterocycles. The second-order valence-corrected chi connectivity index (χ2v) is 11.6. The zero-order valence-electron chi connectivity index (χ0n) is 9.39. The molecule has 0 atom stereocenters. The molecule has 1 rings (SSSR count). The molecule has 2 heteroatoms. The topological polar surface area (TPSA) is 3.24 Å². The Balaban J connectivity index is 2.24. The SMILES string of the molecule is CCN1CCC[CH2][Ga]([CH3])[CH2]CCC1. The van der Waals surface area contributed by atoms with E-state index in [-0.39, 0.29) is 0 Å². The van der Waals surface area contributed by atoms with Gasteiger partial charge in [0.25, 0.3) is 0 Å². The first-order valence-electron chi connectivity index (χ1n) is 6.05. The van der Waals surface area contributed by atoms with Crippen LogP contribution >= 0.6 is 0 Å². The van der Waals surface area contributed by atoms with E-state index in [1.165, 1.54) is 45.3 Å². The summed E-state index contributed by atoms with van der Waals surface area (Å²) in [5.41, 5.74) is 2.60. The second kappa shape index (κ2) is 6.96. The summed E-state index contributed by atoms with van der Waals surface area (Å²) in [6.07, 6.45) is 5.97. The van der Waals surface area contributed by atoms with E-state index in [1.807, 2.05) is 0 Å². The van der Waals surface area contributed by atoms with E-state index in [9.17, 15) is 0 Å². The molecule has 0 aliphatic carbocycles. The summed E-state index contributed by atoms with van der Waals surface area (Å²) in [5, 5.41) is 0. The van der Waals surface area contributed by atoms with E-state index in [0.717, 1.165) is 0 Å². The van der Waals surface area contributed by atoms with Gasteiger partial charge in [-0.05, 0) is 0 Å². The maximum absolute atomic E-state index is 2.63. The molecule has 0 spiro atoms. The number of hydrogen-bond acceptors (Lipinski definition) is 1. The number of nitrogens with zero attached hydrogens (tertiary/aromatic N) is 1. The summed E-state index contributed by atoms with van der Waals surface area (Å²) in [6.45, 7) is 6.29. The molecule has 1 nitrogen and oxygen atoms in total. The van der Waals surface area contributed by atoms with Crippen molar-refractivity contribution in [3.8, 4) is 0 Å². The van der Waals surface area contributed by atoms with Crippen LogP contribution in [0.25, 0.3) is 0 Å². The van der Waals surface area contributed by atoms with Crippen molar-refractivity contribution in [1.29, 1.82) is 0 Å². The van der Waals surface area contributed by atoms with E-state index in [4.69, 9.17) is 0 Å². The van der Waals surface area contributed by atoms with Crippen molar-refractivity contribution in [3.63, 3.8) is 0 Å². The Morgan fingerprint density at radius 3 is 2.00 bits per heavy atom. The molecule has 0 amide bonds. The third-order valence-corrected chi connectivity index (χ3v) is 9.14. The van der Waals surface area contributed by atoms with Gasteiger partial charge in [0.15, 0.2) is 0 Å². The third-order valence-electron chi connectivity index (χ3n) is 3.29. The minimum absolute atomic E-state index is 0.701. The monoisotopic (exact) mass is 239 g/mol. The van der Waals surface area contributed by atoms with Crippen LogP contribution in [0.15, 0.2) is 0 Å². The van der Waals surface area contributed by atoms with Gasteiger partial charge in [0, 0.05) is 0 Å². The summed E-state index contributed by atoms with van der Waals surface area (Å²) < 4.78 is 0. The van der Waals surface area contributed by atoms with Gasteiger partial charge in [-0.3, -0.25) is 0 Å². The Hall–Kier alpha value is 0.596. The molecule has 13 heavy (non-hydrogen) atoms. The van der Waals surface area contributed by atoms with E-state index in [1.54, 1.807) is 9.95 Å². The predicted octanol–water partition coefficient (Wildman–Crippen LogP) is 3.01. The van der Waals surface area contributed by atoms with Crippen molar-refractivity contribution in [1.82, 2.24) is 4.90 Å². The first-order valence-corrected chi connectivity index (χ1v) is 11.9. The number of hydrogen-bond donors (Lipinski definition) is 0. The molecule has 1 aliphatic heterocycles. The van der Waals surface area contributed by atoms with Crippen LogP contribution in [-0.2, 0) is 0 Å². The Morgan fingerprint density at radius 1 is 1.00 bits per heavy atom. The zero-order chi connectivity index (χ0) is 9.52. The van der Waals surface area contributed by atoms with E-state index in [2.05, 4.69) is 17.3 Å². The molecule has 1 heterocycles. The van der Waals surface area contributed by atoms with Gasteiger partial charge in [0.1, 0.15) is 0 Å². The molecule has 0 N–H and O–H groups in total. The molecule has 0 aromatic rings. The zero-order valence-corrected chi connectivity index (χ0v) is 11.8. The molecule has 0 radical (unpaired) electrons. The molecule has 0 unspecified atom stereocenters. The Morgan fingerprint density at radius 2 is 1.54 bits per heavy atom. The van der Waals surface area contributed by atoms with Gasteiger partial charge in [-0.15, -0.1) is 0 Å². The van der Waals surface area contributed by atoms with Crippen LogP contribution in [0.1, 0.15) is 32.6 Å². The van der Waals surface area contributed by atoms with Gasteiger partial charge < -0.3 is 0 Å². The third kappa shape index (κ3) is 5.13. The van der Waals surface area contributed by atoms with Crippen molar-refractivity contribution in [3.05, 3.63) is 0 Å². The summed E-state index contributed by atoms with van der Waals surface area (Å²) in [5.74, 6) is 0. The van der Waals surface area contributed by atoms with Crippen LogP contribution in [0.5, 0.6) is 0 Å². The Bertz CT molecular complexity index is 115. The normalized spacial score (nSPS) is 23.1. The Kier molecular flexibility index (Phi) is 6.25.